The standard InChI is InChI=1S/C11H20N2O2S/c1-16-10-4-2-3-9(10)12-11(14)13-5-7-15-8-6-13/h9-10H,2-8H2,1H3,(H,12,14). The molecule has 0 spiro atoms. The second-order valence-corrected chi connectivity index (χ2v) is 5.44. The minimum absolute atomic E-state index is 0.0919. The largest absolute Gasteiger partial charge is 0.378 e. The van der Waals surface area contributed by atoms with E-state index in [1.54, 1.807) is 0 Å². The van der Waals surface area contributed by atoms with Gasteiger partial charge in [-0.15, -0.1) is 0 Å². The van der Waals surface area contributed by atoms with Gasteiger partial charge in [0.15, 0.2) is 0 Å². The van der Waals surface area contributed by atoms with E-state index in [-0.39, 0.29) is 6.03 Å². The molecule has 1 N–H and O–H groups in total. The number of morpholine rings is 1. The van der Waals surface area contributed by atoms with E-state index in [1.807, 2.05) is 16.7 Å². The van der Waals surface area contributed by atoms with Crippen LogP contribution in [-0.4, -0.2) is 54.8 Å². The number of thioether (sulfide) groups is 1. The number of carbonyl (C=O) groups is 1. The fraction of sp³-hybridized carbons (Fsp3) is 0.909. The van der Waals surface area contributed by atoms with Crippen molar-refractivity contribution in [1.82, 2.24) is 10.2 Å². The van der Waals surface area contributed by atoms with Crippen molar-refractivity contribution in [3.8, 4) is 0 Å². The maximum absolute atomic E-state index is 12.0. The molecular formula is C11H20N2O2S. The van der Waals surface area contributed by atoms with Gasteiger partial charge in [0.1, 0.15) is 0 Å². The Bertz CT molecular complexity index is 244. The van der Waals surface area contributed by atoms with Crippen molar-refractivity contribution in [2.45, 2.75) is 30.6 Å². The zero-order chi connectivity index (χ0) is 11.4. The normalized spacial score (nSPS) is 30.4. The van der Waals surface area contributed by atoms with Crippen LogP contribution in [0.1, 0.15) is 19.3 Å². The molecule has 1 saturated carbocycles. The van der Waals surface area contributed by atoms with Crippen molar-refractivity contribution in [1.29, 1.82) is 0 Å². The summed E-state index contributed by atoms with van der Waals surface area (Å²) in [6, 6.07) is 0.458. The Morgan fingerprint density at radius 3 is 2.81 bits per heavy atom. The van der Waals surface area contributed by atoms with Crippen molar-refractivity contribution in [2.75, 3.05) is 32.6 Å². The lowest BCUT2D eigenvalue weighted by Gasteiger charge is -2.29. The molecule has 1 aliphatic carbocycles. The smallest absolute Gasteiger partial charge is 0.317 e. The first-order chi connectivity index (χ1) is 7.81. The Labute approximate surface area is 101 Å². The number of hydrogen-bond donors (Lipinski definition) is 1. The summed E-state index contributed by atoms with van der Waals surface area (Å²) in [5.41, 5.74) is 0. The van der Waals surface area contributed by atoms with Gasteiger partial charge in [0.05, 0.1) is 13.2 Å². The maximum Gasteiger partial charge on any atom is 0.317 e. The number of hydrogen-bond acceptors (Lipinski definition) is 3. The molecule has 2 unspecified atom stereocenters. The molecule has 1 heterocycles. The predicted molar refractivity (Wildman–Crippen MR) is 65.9 cm³/mol. The number of nitrogens with one attached hydrogen (secondary N) is 1. The molecule has 5 heteroatoms. The minimum atomic E-state index is 0.0919. The molecule has 2 aliphatic rings. The summed E-state index contributed by atoms with van der Waals surface area (Å²) in [5.74, 6) is 0. The summed E-state index contributed by atoms with van der Waals surface area (Å²) >= 11 is 1.87. The molecule has 2 atom stereocenters. The Morgan fingerprint density at radius 1 is 1.38 bits per heavy atom. The maximum atomic E-state index is 12.0. The number of ether oxygens (including phenoxy) is 1. The van der Waals surface area contributed by atoms with Gasteiger partial charge >= 0.3 is 6.03 Å². The van der Waals surface area contributed by atoms with E-state index < -0.39 is 0 Å². The van der Waals surface area contributed by atoms with Crippen molar-refractivity contribution in [3.63, 3.8) is 0 Å². The van der Waals surface area contributed by atoms with Crippen LogP contribution in [0.15, 0.2) is 0 Å². The van der Waals surface area contributed by atoms with Crippen LogP contribution in [0.25, 0.3) is 0 Å². The van der Waals surface area contributed by atoms with Crippen molar-refractivity contribution >= 4 is 17.8 Å². The molecule has 2 fully saturated rings. The van der Waals surface area contributed by atoms with Gasteiger partial charge in [0, 0.05) is 24.4 Å². The molecule has 2 rings (SSSR count). The zero-order valence-corrected chi connectivity index (χ0v) is 10.6. The van der Waals surface area contributed by atoms with Crippen molar-refractivity contribution in [3.05, 3.63) is 0 Å². The number of urea groups is 1. The summed E-state index contributed by atoms with van der Waals surface area (Å²) in [6.45, 7) is 2.79. The number of nitrogens with zero attached hydrogens (tertiary/aromatic N) is 1. The Hall–Kier alpha value is -0.420. The molecule has 0 aromatic carbocycles. The lowest BCUT2D eigenvalue weighted by molar-refractivity contribution is 0.0526. The Balaban J connectivity index is 1.81. The topological polar surface area (TPSA) is 41.6 Å². The molecular weight excluding hydrogens is 224 g/mol. The van der Waals surface area contributed by atoms with E-state index in [0.717, 1.165) is 19.5 Å². The summed E-state index contributed by atoms with van der Waals surface area (Å²) in [6.07, 6.45) is 5.72. The zero-order valence-electron chi connectivity index (χ0n) is 9.78. The van der Waals surface area contributed by atoms with E-state index in [1.165, 1.54) is 12.8 Å². The molecule has 0 radical (unpaired) electrons. The molecule has 1 aliphatic heterocycles. The van der Waals surface area contributed by atoms with E-state index in [0.29, 0.717) is 24.5 Å². The SMILES string of the molecule is CSC1CCCC1NC(=O)N1CCOCC1. The molecule has 16 heavy (non-hydrogen) atoms. The van der Waals surface area contributed by atoms with E-state index in [9.17, 15) is 4.79 Å². The third kappa shape index (κ3) is 2.83. The highest BCUT2D eigenvalue weighted by molar-refractivity contribution is 7.99. The number of rotatable bonds is 2. The van der Waals surface area contributed by atoms with Crippen LogP contribution in [0.4, 0.5) is 4.79 Å². The summed E-state index contributed by atoms with van der Waals surface area (Å²) < 4.78 is 5.24. The molecule has 0 aromatic rings. The van der Waals surface area contributed by atoms with Gasteiger partial charge in [-0.25, -0.2) is 4.79 Å². The summed E-state index contributed by atoms with van der Waals surface area (Å²) in [4.78, 5) is 13.8. The molecule has 4 nitrogen and oxygen atoms in total. The predicted octanol–water partition coefficient (Wildman–Crippen LogP) is 1.31. The average Bonchev–Trinajstić information content (AvgIpc) is 2.77. The van der Waals surface area contributed by atoms with Crippen molar-refractivity contribution in [2.24, 2.45) is 0 Å². The van der Waals surface area contributed by atoms with Crippen LogP contribution in [0.3, 0.4) is 0 Å². The van der Waals surface area contributed by atoms with E-state index in [4.69, 9.17) is 4.74 Å². The summed E-state index contributed by atoms with van der Waals surface area (Å²) in [5, 5.41) is 3.76. The number of amides is 2. The fourth-order valence-corrected chi connectivity index (χ4v) is 3.32. The van der Waals surface area contributed by atoms with Crippen LogP contribution in [0.5, 0.6) is 0 Å². The van der Waals surface area contributed by atoms with Gasteiger partial charge in [0.2, 0.25) is 0 Å². The van der Waals surface area contributed by atoms with Crippen LogP contribution >= 0.6 is 11.8 Å². The highest BCUT2D eigenvalue weighted by Crippen LogP contribution is 2.28. The highest BCUT2D eigenvalue weighted by Gasteiger charge is 2.29. The van der Waals surface area contributed by atoms with Crippen molar-refractivity contribution < 1.29 is 9.53 Å². The average molecular weight is 244 g/mol. The second kappa shape index (κ2) is 5.77. The first-order valence-electron chi connectivity index (χ1n) is 5.97. The Kier molecular flexibility index (Phi) is 4.35. The van der Waals surface area contributed by atoms with Gasteiger partial charge in [-0.3, -0.25) is 0 Å². The van der Waals surface area contributed by atoms with Gasteiger partial charge in [-0.1, -0.05) is 6.42 Å². The lowest BCUT2D eigenvalue weighted by Crippen LogP contribution is -2.50. The minimum Gasteiger partial charge on any atom is -0.378 e. The Morgan fingerprint density at radius 2 is 2.12 bits per heavy atom. The third-order valence-corrected chi connectivity index (χ3v) is 4.53. The molecule has 2 amide bonds. The number of carbonyl (C=O) groups excluding carboxylic acids is 1. The van der Waals surface area contributed by atoms with Gasteiger partial charge in [0.25, 0.3) is 0 Å². The van der Waals surface area contributed by atoms with Gasteiger partial charge in [-0.2, -0.15) is 11.8 Å². The van der Waals surface area contributed by atoms with E-state index in [2.05, 4.69) is 11.6 Å². The lowest BCUT2D eigenvalue weighted by atomic mass is 10.2. The third-order valence-electron chi connectivity index (χ3n) is 3.36. The first-order valence-corrected chi connectivity index (χ1v) is 7.26. The van der Waals surface area contributed by atoms with Gasteiger partial charge in [-0.05, 0) is 19.1 Å². The monoisotopic (exact) mass is 244 g/mol. The van der Waals surface area contributed by atoms with Crippen LogP contribution < -0.4 is 5.32 Å². The first kappa shape index (κ1) is 12.0. The summed E-state index contributed by atoms with van der Waals surface area (Å²) in [7, 11) is 0. The fourth-order valence-electron chi connectivity index (χ4n) is 2.39. The van der Waals surface area contributed by atoms with Crippen LogP contribution in [-0.2, 0) is 4.74 Å². The van der Waals surface area contributed by atoms with Gasteiger partial charge < -0.3 is 15.0 Å². The van der Waals surface area contributed by atoms with Crippen LogP contribution in [0, 0.1) is 0 Å². The molecule has 1 saturated heterocycles. The molecule has 92 valence electrons. The van der Waals surface area contributed by atoms with Crippen LogP contribution in [0.2, 0.25) is 0 Å². The molecule has 0 aromatic heterocycles. The molecule has 0 bridgehead atoms. The quantitative estimate of drug-likeness (QED) is 0.796. The highest BCUT2D eigenvalue weighted by atomic mass is 32.2. The second-order valence-electron chi connectivity index (χ2n) is 4.36. The van der Waals surface area contributed by atoms with E-state index >= 15 is 0 Å².